The van der Waals surface area contributed by atoms with Crippen LogP contribution in [0.2, 0.25) is 18.1 Å². The molecule has 162 valence electrons. The fourth-order valence-electron chi connectivity index (χ4n) is 2.81. The third-order valence-electron chi connectivity index (χ3n) is 5.34. The van der Waals surface area contributed by atoms with E-state index in [1.54, 1.807) is 33.8 Å². The molecule has 0 bridgehead atoms. The Morgan fingerprint density at radius 2 is 1.64 bits per heavy atom. The first-order chi connectivity index (χ1) is 12.4. The zero-order valence-corrected chi connectivity index (χ0v) is 20.6. The van der Waals surface area contributed by atoms with Crippen molar-refractivity contribution in [2.45, 2.75) is 91.6 Å². The number of amides is 1. The van der Waals surface area contributed by atoms with Gasteiger partial charge in [0.25, 0.3) is 0 Å². The summed E-state index contributed by atoms with van der Waals surface area (Å²) in [7, 11) is -2.04. The highest BCUT2D eigenvalue weighted by Gasteiger charge is 2.47. The van der Waals surface area contributed by atoms with Gasteiger partial charge >= 0.3 is 12.1 Å². The first-order valence-electron chi connectivity index (χ1n) is 10.0. The predicted molar refractivity (Wildman–Crippen MR) is 114 cm³/mol. The quantitative estimate of drug-likeness (QED) is 0.463. The Balaban J connectivity index is 3.17. The largest absolute Gasteiger partial charge is 0.461 e. The standard InChI is InChI=1S/C21H39NO5Si/c1-12-25-17(23)16-13-15(14-22(16)18(24)26-19(2,3)4)21(8,9)27-28(10,11)20(5,6)7/h13,15H,12,14H2,1-11H3/t15-/m1/s1. The first-order valence-corrected chi connectivity index (χ1v) is 12.9. The van der Waals surface area contributed by atoms with Gasteiger partial charge in [-0.1, -0.05) is 20.8 Å². The lowest BCUT2D eigenvalue weighted by Gasteiger charge is -2.44. The van der Waals surface area contributed by atoms with Crippen LogP contribution in [-0.2, 0) is 18.7 Å². The molecule has 0 radical (unpaired) electrons. The van der Waals surface area contributed by atoms with Gasteiger partial charge in [0.05, 0.1) is 12.2 Å². The fraction of sp³-hybridized carbons (Fsp3) is 0.810. The van der Waals surface area contributed by atoms with Crippen molar-refractivity contribution in [2.75, 3.05) is 13.2 Å². The summed E-state index contributed by atoms with van der Waals surface area (Å²) in [5.41, 5.74) is -0.965. The maximum absolute atomic E-state index is 12.7. The molecule has 1 aliphatic rings. The molecule has 0 aliphatic carbocycles. The maximum Gasteiger partial charge on any atom is 0.415 e. The highest BCUT2D eigenvalue weighted by molar-refractivity contribution is 6.74. The summed E-state index contributed by atoms with van der Waals surface area (Å²) in [6.45, 7) is 22.7. The Bertz CT molecular complexity index is 626. The molecule has 0 spiro atoms. The van der Waals surface area contributed by atoms with Crippen LogP contribution in [0.25, 0.3) is 0 Å². The second-order valence-corrected chi connectivity index (χ2v) is 15.2. The van der Waals surface area contributed by atoms with Crippen molar-refractivity contribution in [1.82, 2.24) is 4.90 Å². The van der Waals surface area contributed by atoms with E-state index in [1.807, 2.05) is 13.8 Å². The Kier molecular flexibility index (Phi) is 7.22. The molecule has 6 nitrogen and oxygen atoms in total. The summed E-state index contributed by atoms with van der Waals surface area (Å²) in [6, 6.07) is 0. The van der Waals surface area contributed by atoms with E-state index in [-0.39, 0.29) is 23.3 Å². The van der Waals surface area contributed by atoms with Gasteiger partial charge in [0.15, 0.2) is 8.32 Å². The van der Waals surface area contributed by atoms with E-state index in [0.717, 1.165) is 0 Å². The number of carbonyl (C=O) groups excluding carboxylic acids is 2. The second-order valence-electron chi connectivity index (χ2n) is 10.4. The van der Waals surface area contributed by atoms with E-state index < -0.39 is 31.6 Å². The highest BCUT2D eigenvalue weighted by Crippen LogP contribution is 2.42. The molecule has 7 heteroatoms. The van der Waals surface area contributed by atoms with Gasteiger partial charge in [-0.05, 0) is 65.8 Å². The number of esters is 1. The van der Waals surface area contributed by atoms with Crippen LogP contribution in [0, 0.1) is 5.92 Å². The van der Waals surface area contributed by atoms with Crippen LogP contribution in [0.1, 0.15) is 62.3 Å². The highest BCUT2D eigenvalue weighted by atomic mass is 28.4. The number of rotatable bonds is 5. The van der Waals surface area contributed by atoms with Gasteiger partial charge in [-0.15, -0.1) is 0 Å². The van der Waals surface area contributed by atoms with Crippen molar-refractivity contribution in [3.05, 3.63) is 11.8 Å². The lowest BCUT2D eigenvalue weighted by molar-refractivity contribution is -0.140. The second kappa shape index (κ2) is 8.18. The number of carbonyl (C=O) groups is 2. The van der Waals surface area contributed by atoms with Crippen molar-refractivity contribution < 1.29 is 23.5 Å². The van der Waals surface area contributed by atoms with Gasteiger partial charge in [-0.3, -0.25) is 4.90 Å². The van der Waals surface area contributed by atoms with Gasteiger partial charge in [0.2, 0.25) is 0 Å². The summed E-state index contributed by atoms with van der Waals surface area (Å²) >= 11 is 0. The average molecular weight is 414 g/mol. The van der Waals surface area contributed by atoms with E-state index in [4.69, 9.17) is 13.9 Å². The number of nitrogens with zero attached hydrogens (tertiary/aromatic N) is 1. The molecule has 0 aromatic rings. The van der Waals surface area contributed by atoms with E-state index >= 15 is 0 Å². The van der Waals surface area contributed by atoms with Gasteiger partial charge in [0, 0.05) is 12.5 Å². The Hall–Kier alpha value is -1.34. The molecule has 0 N–H and O–H groups in total. The van der Waals surface area contributed by atoms with Crippen LogP contribution in [0.3, 0.4) is 0 Å². The van der Waals surface area contributed by atoms with E-state index in [9.17, 15) is 9.59 Å². The SMILES string of the molecule is CCOC(=O)C1=C[C@@H](C(C)(C)O[Si](C)(C)C(C)(C)C)CN1C(=O)OC(C)(C)C. The molecule has 1 aliphatic heterocycles. The molecule has 1 heterocycles. The van der Waals surface area contributed by atoms with Gasteiger partial charge in [-0.25, -0.2) is 9.59 Å². The number of ether oxygens (including phenoxy) is 2. The molecule has 28 heavy (non-hydrogen) atoms. The molecule has 1 atom stereocenters. The third kappa shape index (κ3) is 6.08. The third-order valence-corrected chi connectivity index (χ3v) is 9.99. The van der Waals surface area contributed by atoms with E-state index in [1.165, 1.54) is 4.90 Å². The lowest BCUT2D eigenvalue weighted by Crippen LogP contribution is -2.51. The molecule has 0 unspecified atom stereocenters. The maximum atomic E-state index is 12.7. The first kappa shape index (κ1) is 24.7. The summed E-state index contributed by atoms with van der Waals surface area (Å²) in [5, 5.41) is 0.0570. The minimum atomic E-state index is -2.04. The molecule has 0 aromatic carbocycles. The Morgan fingerprint density at radius 1 is 1.11 bits per heavy atom. The normalized spacial score (nSPS) is 18.8. The minimum absolute atomic E-state index is 0.0570. The average Bonchev–Trinajstić information content (AvgIpc) is 2.89. The Labute approximate surface area is 171 Å². The van der Waals surface area contributed by atoms with Crippen LogP contribution < -0.4 is 0 Å². The Morgan fingerprint density at radius 3 is 2.07 bits per heavy atom. The fourth-order valence-corrected chi connectivity index (χ4v) is 4.58. The van der Waals surface area contributed by atoms with Gasteiger partial charge in [0.1, 0.15) is 11.3 Å². The number of hydrogen-bond acceptors (Lipinski definition) is 5. The monoisotopic (exact) mass is 413 g/mol. The molecule has 0 aromatic heterocycles. The minimum Gasteiger partial charge on any atom is -0.461 e. The van der Waals surface area contributed by atoms with Crippen molar-refractivity contribution >= 4 is 20.4 Å². The topological polar surface area (TPSA) is 65.1 Å². The van der Waals surface area contributed by atoms with E-state index in [0.29, 0.717) is 6.54 Å². The van der Waals surface area contributed by atoms with Crippen molar-refractivity contribution in [3.63, 3.8) is 0 Å². The summed E-state index contributed by atoms with van der Waals surface area (Å²) in [4.78, 5) is 26.6. The molecule has 1 rings (SSSR count). The van der Waals surface area contributed by atoms with Gasteiger partial charge < -0.3 is 13.9 Å². The van der Waals surface area contributed by atoms with Crippen LogP contribution in [0.4, 0.5) is 4.79 Å². The van der Waals surface area contributed by atoms with E-state index in [2.05, 4.69) is 33.9 Å². The zero-order valence-electron chi connectivity index (χ0n) is 19.6. The summed E-state index contributed by atoms with van der Waals surface area (Å²) < 4.78 is 17.3. The molecule has 0 saturated heterocycles. The van der Waals surface area contributed by atoms with Crippen molar-refractivity contribution in [2.24, 2.45) is 5.92 Å². The lowest BCUT2D eigenvalue weighted by atomic mass is 9.92. The predicted octanol–water partition coefficient (Wildman–Crippen LogP) is 5.10. The van der Waals surface area contributed by atoms with Crippen LogP contribution in [0.15, 0.2) is 11.8 Å². The summed E-state index contributed by atoms with van der Waals surface area (Å²) in [6.07, 6.45) is 1.26. The van der Waals surface area contributed by atoms with Crippen molar-refractivity contribution in [1.29, 1.82) is 0 Å². The van der Waals surface area contributed by atoms with Crippen LogP contribution in [0.5, 0.6) is 0 Å². The van der Waals surface area contributed by atoms with Gasteiger partial charge in [-0.2, -0.15) is 0 Å². The molecular weight excluding hydrogens is 374 g/mol. The molecule has 0 saturated carbocycles. The van der Waals surface area contributed by atoms with Crippen LogP contribution >= 0.6 is 0 Å². The smallest absolute Gasteiger partial charge is 0.415 e. The molecule has 0 fully saturated rings. The van der Waals surface area contributed by atoms with Crippen molar-refractivity contribution in [3.8, 4) is 0 Å². The molecular formula is C21H39NO5Si. The van der Waals surface area contributed by atoms with Crippen LogP contribution in [-0.4, -0.2) is 49.6 Å². The number of hydrogen-bond donors (Lipinski definition) is 0. The summed E-state index contributed by atoms with van der Waals surface area (Å²) in [5.74, 6) is -0.660. The molecule has 1 amide bonds. The zero-order chi connectivity index (χ0) is 22.1.